The smallest absolute Gasteiger partial charge is 0.407 e. The molecule has 0 radical (unpaired) electrons. The zero-order valence-corrected chi connectivity index (χ0v) is 45.6. The number of carbonyl (C=O) groups is 9. The number of ether oxygens (including phenoxy) is 2. The molecule has 23 nitrogen and oxygen atoms in total. The maximum Gasteiger partial charge on any atom is 0.407 e. The van der Waals surface area contributed by atoms with Gasteiger partial charge in [-0.3, -0.25) is 43.3 Å². The van der Waals surface area contributed by atoms with Gasteiger partial charge in [-0.05, 0) is 111 Å². The SMILES string of the molecule is CC[C@@]1(O)C(=O)OCc2c1cc1n(c2=O)Cc2c-1nc1cc(F)c(C)c3c1c2[C@@H](NC(=O)OCc1ccc(NC(=O)[C@H](CCCCN)NC(=O)[C@@H](NC(=O)CNC(=O)CNC(=O)CCCCCN2C(=O)C=CC2=O)C(C)C)cc1)CC3. The number of aliphatic hydroxyl groups is 1. The van der Waals surface area contributed by atoms with Crippen molar-refractivity contribution in [3.05, 3.63) is 104 Å². The number of hydrogen-bond donors (Lipinski definition) is 8. The van der Waals surface area contributed by atoms with Crippen LogP contribution < -0.4 is 43.2 Å². The number of amides is 8. The lowest BCUT2D eigenvalue weighted by Crippen LogP contribution is -2.55. The van der Waals surface area contributed by atoms with E-state index in [-0.39, 0.29) is 68.5 Å². The van der Waals surface area contributed by atoms with Crippen molar-refractivity contribution in [2.75, 3.05) is 31.5 Å². The van der Waals surface area contributed by atoms with Crippen molar-refractivity contribution >= 4 is 70.0 Å². The number of aromatic nitrogens is 2. The molecule has 4 aromatic rings. The summed E-state index contributed by atoms with van der Waals surface area (Å²) in [5.74, 6) is -5.37. The molecule has 2 aromatic heterocycles. The van der Waals surface area contributed by atoms with E-state index in [4.69, 9.17) is 20.2 Å². The van der Waals surface area contributed by atoms with Gasteiger partial charge in [-0.2, -0.15) is 0 Å². The first-order chi connectivity index (χ1) is 38.7. The van der Waals surface area contributed by atoms with Crippen LogP contribution in [0.2, 0.25) is 0 Å². The Morgan fingerprint density at radius 1 is 0.889 bits per heavy atom. The molecule has 4 atom stereocenters. The largest absolute Gasteiger partial charge is 0.458 e. The average Bonchev–Trinajstić information content (AvgIpc) is 2.90. The van der Waals surface area contributed by atoms with Crippen LogP contribution >= 0.6 is 0 Å². The highest BCUT2D eigenvalue weighted by Crippen LogP contribution is 2.46. The van der Waals surface area contributed by atoms with Crippen molar-refractivity contribution in [2.24, 2.45) is 11.7 Å². The van der Waals surface area contributed by atoms with Crippen molar-refractivity contribution in [1.29, 1.82) is 0 Å². The number of alkyl carbamates (subject to hydrolysis) is 1. The third kappa shape index (κ3) is 13.0. The Kier molecular flexibility index (Phi) is 18.4. The molecule has 9 N–H and O–H groups in total. The van der Waals surface area contributed by atoms with Crippen LogP contribution in [0.3, 0.4) is 0 Å². The van der Waals surface area contributed by atoms with Crippen molar-refractivity contribution < 1.29 is 62.1 Å². The molecule has 5 heterocycles. The van der Waals surface area contributed by atoms with Crippen LogP contribution in [0.4, 0.5) is 14.9 Å². The second kappa shape index (κ2) is 25.4. The highest BCUT2D eigenvalue weighted by molar-refractivity contribution is 6.12. The number of pyridine rings is 2. The van der Waals surface area contributed by atoms with Gasteiger partial charge < -0.3 is 56.8 Å². The summed E-state index contributed by atoms with van der Waals surface area (Å²) in [7, 11) is 0. The first-order valence-corrected chi connectivity index (χ1v) is 27.2. The minimum Gasteiger partial charge on any atom is -0.458 e. The van der Waals surface area contributed by atoms with Crippen LogP contribution in [0.5, 0.6) is 0 Å². The Bertz CT molecular complexity index is 3270. The van der Waals surface area contributed by atoms with Crippen LogP contribution in [-0.4, -0.2) is 111 Å². The van der Waals surface area contributed by atoms with E-state index < -0.39 is 95.7 Å². The molecule has 0 fully saturated rings. The van der Waals surface area contributed by atoms with Crippen molar-refractivity contribution in [1.82, 2.24) is 41.0 Å². The van der Waals surface area contributed by atoms with Crippen molar-refractivity contribution in [2.45, 2.75) is 135 Å². The van der Waals surface area contributed by atoms with E-state index in [0.717, 1.165) is 10.5 Å². The molecule has 0 spiro atoms. The summed E-state index contributed by atoms with van der Waals surface area (Å²) >= 11 is 0. The van der Waals surface area contributed by atoms with Gasteiger partial charge in [0.05, 0.1) is 48.1 Å². The first kappa shape index (κ1) is 58.8. The fraction of sp³-hybridized carbons (Fsp3) is 0.456. The van der Waals surface area contributed by atoms with Gasteiger partial charge in [0.15, 0.2) is 5.60 Å². The van der Waals surface area contributed by atoms with Crippen LogP contribution in [0.15, 0.2) is 53.3 Å². The molecule has 8 rings (SSSR count). The van der Waals surface area contributed by atoms with Gasteiger partial charge in [0, 0.05) is 53.4 Å². The van der Waals surface area contributed by atoms with Crippen LogP contribution in [-0.2, 0) is 79.6 Å². The van der Waals surface area contributed by atoms with E-state index in [1.807, 2.05) is 0 Å². The molecule has 1 aliphatic carbocycles. The fourth-order valence-corrected chi connectivity index (χ4v) is 10.6. The van der Waals surface area contributed by atoms with Gasteiger partial charge in [-0.1, -0.05) is 39.3 Å². The fourth-order valence-electron chi connectivity index (χ4n) is 10.6. The van der Waals surface area contributed by atoms with Crippen molar-refractivity contribution in [3.63, 3.8) is 0 Å². The lowest BCUT2D eigenvalue weighted by Gasteiger charge is -2.31. The average molecular weight is 1120 g/mol. The summed E-state index contributed by atoms with van der Waals surface area (Å²) in [5.41, 5.74) is 7.95. The molecule has 81 heavy (non-hydrogen) atoms. The number of nitrogens with two attached hydrogens (primary N) is 1. The molecular weight excluding hydrogens is 1050 g/mol. The maximum atomic E-state index is 15.4. The Morgan fingerprint density at radius 3 is 2.31 bits per heavy atom. The van der Waals surface area contributed by atoms with Gasteiger partial charge in [0.1, 0.15) is 31.1 Å². The van der Waals surface area contributed by atoms with Gasteiger partial charge in [-0.15, -0.1) is 0 Å². The molecule has 0 bridgehead atoms. The summed E-state index contributed by atoms with van der Waals surface area (Å²) in [5, 5.41) is 28.1. The van der Waals surface area contributed by atoms with Gasteiger partial charge in [0.25, 0.3) is 17.4 Å². The standard InChI is InChI=1S/C57H67FN10O13/c1-5-57(79)37-23-42-51-35(27-68(42)54(76)36(37)29-80-55(57)77)49-39(18-17-34-31(4)38(58)24-41(63-51)48(34)49)65-56(78)81-28-32-13-15-33(16-14-32)62-52(74)40(11-8-9-21-59)64-53(75)50(30(2)3)66-45(71)26-61-44(70)25-60-43(69)12-7-6-10-22-67-46(72)19-20-47(67)73/h13-16,19-20,23-24,30,39-40,50,79H,5-12,17-18,21-22,25-29,59H2,1-4H3,(H,60,69)(H,61,70)(H,62,74)(H,64,75)(H,65,78)(H,66,71)/t39-,40-,50-,57-/m0/s1. The molecule has 430 valence electrons. The number of nitrogens with zero attached hydrogens (tertiary/aromatic N) is 3. The second-order valence-electron chi connectivity index (χ2n) is 21.0. The van der Waals surface area contributed by atoms with Gasteiger partial charge in [0.2, 0.25) is 29.5 Å². The normalized spacial score (nSPS) is 17.4. The predicted molar refractivity (Wildman–Crippen MR) is 291 cm³/mol. The number of anilines is 1. The van der Waals surface area contributed by atoms with Crippen LogP contribution in [0.25, 0.3) is 22.3 Å². The van der Waals surface area contributed by atoms with E-state index in [9.17, 15) is 53.1 Å². The Morgan fingerprint density at radius 2 is 1.60 bits per heavy atom. The van der Waals surface area contributed by atoms with E-state index in [2.05, 4.69) is 31.9 Å². The second-order valence-corrected chi connectivity index (χ2v) is 21.0. The summed E-state index contributed by atoms with van der Waals surface area (Å²) in [6, 6.07) is 6.64. The lowest BCUT2D eigenvalue weighted by atomic mass is 9.81. The van der Waals surface area contributed by atoms with Gasteiger partial charge in [-0.25, -0.2) is 19.0 Å². The minimum absolute atomic E-state index is 0.0434. The summed E-state index contributed by atoms with van der Waals surface area (Å²) < 4.78 is 27.9. The number of hydrogen-bond acceptors (Lipinski definition) is 15. The molecule has 24 heteroatoms. The van der Waals surface area contributed by atoms with E-state index in [0.29, 0.717) is 102 Å². The number of halogens is 1. The highest BCUT2D eigenvalue weighted by Gasteiger charge is 2.46. The maximum absolute atomic E-state index is 15.4. The Labute approximate surface area is 465 Å². The molecule has 3 aliphatic heterocycles. The van der Waals surface area contributed by atoms with E-state index in [1.54, 1.807) is 58.0 Å². The third-order valence-electron chi connectivity index (χ3n) is 15.2. The Hall–Kier alpha value is -8.38. The quantitative estimate of drug-likeness (QED) is 0.0250. The monoisotopic (exact) mass is 1120 g/mol. The number of esters is 1. The lowest BCUT2D eigenvalue weighted by molar-refractivity contribution is -0.172. The molecule has 2 aromatic carbocycles. The number of carbonyl (C=O) groups excluding carboxylic acids is 9. The first-order valence-electron chi connectivity index (χ1n) is 27.2. The number of imide groups is 1. The summed E-state index contributed by atoms with van der Waals surface area (Å²) in [4.78, 5) is 135. The number of cyclic esters (lactones) is 1. The zero-order valence-electron chi connectivity index (χ0n) is 45.6. The molecule has 0 saturated carbocycles. The number of nitrogens with one attached hydrogen (secondary N) is 6. The molecule has 8 amide bonds. The predicted octanol–water partition coefficient (Wildman–Crippen LogP) is 2.85. The van der Waals surface area contributed by atoms with Crippen LogP contribution in [0, 0.1) is 18.7 Å². The molecule has 0 saturated heterocycles. The summed E-state index contributed by atoms with van der Waals surface area (Å²) in [6.07, 6.45) is 5.37. The van der Waals surface area contributed by atoms with Crippen LogP contribution in [0.1, 0.15) is 124 Å². The highest BCUT2D eigenvalue weighted by atomic mass is 19.1. The van der Waals surface area contributed by atoms with E-state index >= 15 is 4.39 Å². The molecule has 4 aliphatic rings. The minimum atomic E-state index is -2.05. The number of benzene rings is 2. The number of unbranched alkanes of at least 4 members (excludes halogenated alkanes) is 3. The molecular formula is C57H67FN10O13. The number of rotatable bonds is 24. The Balaban J connectivity index is 0.836. The zero-order chi connectivity index (χ0) is 58.3. The topological polar surface area (TPSA) is 329 Å². The summed E-state index contributed by atoms with van der Waals surface area (Å²) in [6.45, 7) is 6.01. The van der Waals surface area contributed by atoms with E-state index in [1.165, 1.54) is 22.8 Å². The molecule has 0 unspecified atom stereocenters. The number of fused-ring (bicyclic) bond motifs is 5. The number of aryl methyl sites for hydroxylation is 1. The van der Waals surface area contributed by atoms with Gasteiger partial charge >= 0.3 is 12.1 Å². The van der Waals surface area contributed by atoms with Crippen molar-refractivity contribution in [3.8, 4) is 11.4 Å². The third-order valence-corrected chi connectivity index (χ3v) is 15.2.